The van der Waals surface area contributed by atoms with Crippen LogP contribution in [0.1, 0.15) is 10.4 Å². The SMILES string of the molecule is O=C(Nc1cc([N+](=O)[O-])ccc1Nc1ccccc1NS(=O)(=O)c1ccc(F)cc1)c1ccccc1NS(=O)(=O)c1ccc(F)cc1. The van der Waals surface area contributed by atoms with Crippen LogP contribution < -0.4 is 20.1 Å². The molecule has 0 aromatic heterocycles. The van der Waals surface area contributed by atoms with Crippen LogP contribution in [0.3, 0.4) is 0 Å². The third kappa shape index (κ3) is 7.69. The van der Waals surface area contributed by atoms with E-state index in [1.807, 2.05) is 0 Å². The summed E-state index contributed by atoms with van der Waals surface area (Å²) in [5.74, 6) is -2.11. The fourth-order valence-electron chi connectivity index (χ4n) is 4.28. The first-order chi connectivity index (χ1) is 22.3. The first-order valence-corrected chi connectivity index (χ1v) is 16.4. The summed E-state index contributed by atoms with van der Waals surface area (Å²) in [5.41, 5.74) is -0.402. The smallest absolute Gasteiger partial charge is 0.271 e. The number of carbonyl (C=O) groups excluding carboxylic acids is 1. The molecule has 0 aliphatic heterocycles. The average Bonchev–Trinajstić information content (AvgIpc) is 3.03. The third-order valence-corrected chi connectivity index (χ3v) is 9.33. The minimum absolute atomic E-state index is 0.0630. The van der Waals surface area contributed by atoms with E-state index in [1.165, 1.54) is 42.5 Å². The van der Waals surface area contributed by atoms with Gasteiger partial charge in [0.1, 0.15) is 11.6 Å². The Bertz CT molecular complexity index is 2200. The topological polar surface area (TPSA) is 177 Å². The molecular formula is C31H23F2N5O7S2. The molecule has 0 saturated carbocycles. The summed E-state index contributed by atoms with van der Waals surface area (Å²) in [6, 6.07) is 23.4. The molecule has 0 radical (unpaired) electrons. The molecule has 5 rings (SSSR count). The number of rotatable bonds is 11. The number of hydrogen-bond donors (Lipinski definition) is 4. The molecule has 5 aromatic carbocycles. The lowest BCUT2D eigenvalue weighted by molar-refractivity contribution is -0.384. The Morgan fingerprint density at radius 1 is 0.596 bits per heavy atom. The number of hydrogen-bond acceptors (Lipinski definition) is 8. The molecule has 12 nitrogen and oxygen atoms in total. The lowest BCUT2D eigenvalue weighted by atomic mass is 10.1. The van der Waals surface area contributed by atoms with Crippen molar-refractivity contribution in [2.24, 2.45) is 0 Å². The largest absolute Gasteiger partial charge is 0.352 e. The van der Waals surface area contributed by atoms with Crippen molar-refractivity contribution in [3.8, 4) is 0 Å². The molecule has 240 valence electrons. The van der Waals surface area contributed by atoms with Crippen molar-refractivity contribution in [3.05, 3.63) is 143 Å². The van der Waals surface area contributed by atoms with Crippen molar-refractivity contribution in [2.45, 2.75) is 9.79 Å². The number of para-hydroxylation sites is 3. The summed E-state index contributed by atoms with van der Waals surface area (Å²) in [5, 5.41) is 17.1. The number of non-ortho nitro benzene ring substituents is 1. The van der Waals surface area contributed by atoms with Crippen molar-refractivity contribution in [1.29, 1.82) is 0 Å². The third-order valence-electron chi connectivity index (χ3n) is 6.57. The number of nitrogens with zero attached hydrogens (tertiary/aromatic N) is 1. The van der Waals surface area contributed by atoms with Gasteiger partial charge in [-0.3, -0.25) is 24.4 Å². The van der Waals surface area contributed by atoms with Crippen LogP contribution in [-0.2, 0) is 20.0 Å². The van der Waals surface area contributed by atoms with Crippen molar-refractivity contribution in [3.63, 3.8) is 0 Å². The maximum absolute atomic E-state index is 13.5. The van der Waals surface area contributed by atoms with Gasteiger partial charge in [0.25, 0.3) is 31.6 Å². The summed E-state index contributed by atoms with van der Waals surface area (Å²) in [6.07, 6.45) is 0. The predicted molar refractivity (Wildman–Crippen MR) is 172 cm³/mol. The second-order valence-electron chi connectivity index (χ2n) is 9.78. The molecule has 4 N–H and O–H groups in total. The normalized spacial score (nSPS) is 11.4. The lowest BCUT2D eigenvalue weighted by Crippen LogP contribution is -2.19. The molecule has 1 amide bonds. The number of sulfonamides is 2. The van der Waals surface area contributed by atoms with E-state index in [4.69, 9.17) is 0 Å². The Hall–Kier alpha value is -5.87. The Morgan fingerprint density at radius 3 is 1.62 bits per heavy atom. The highest BCUT2D eigenvalue weighted by atomic mass is 32.2. The van der Waals surface area contributed by atoms with E-state index in [-0.39, 0.29) is 49.5 Å². The second-order valence-corrected chi connectivity index (χ2v) is 13.1. The maximum atomic E-state index is 13.5. The second kappa shape index (κ2) is 13.2. The summed E-state index contributed by atoms with van der Waals surface area (Å²) in [4.78, 5) is 24.0. The van der Waals surface area contributed by atoms with Crippen molar-refractivity contribution in [2.75, 3.05) is 20.1 Å². The highest BCUT2D eigenvalue weighted by Crippen LogP contribution is 2.34. The van der Waals surface area contributed by atoms with E-state index in [2.05, 4.69) is 20.1 Å². The van der Waals surface area contributed by atoms with Gasteiger partial charge in [0.05, 0.1) is 48.7 Å². The van der Waals surface area contributed by atoms with Gasteiger partial charge in [-0.25, -0.2) is 25.6 Å². The van der Waals surface area contributed by atoms with Gasteiger partial charge in [0.15, 0.2) is 0 Å². The molecule has 16 heteroatoms. The van der Waals surface area contributed by atoms with Gasteiger partial charge in [-0.1, -0.05) is 24.3 Å². The van der Waals surface area contributed by atoms with Crippen LogP contribution in [0.2, 0.25) is 0 Å². The molecule has 0 saturated heterocycles. The summed E-state index contributed by atoms with van der Waals surface area (Å²) in [6.45, 7) is 0. The van der Waals surface area contributed by atoms with Crippen molar-refractivity contribution in [1.82, 2.24) is 0 Å². The molecular weight excluding hydrogens is 656 g/mol. The van der Waals surface area contributed by atoms with Crippen LogP contribution in [-0.4, -0.2) is 27.7 Å². The molecule has 0 unspecified atom stereocenters. The van der Waals surface area contributed by atoms with E-state index >= 15 is 0 Å². The Balaban J connectivity index is 1.45. The molecule has 47 heavy (non-hydrogen) atoms. The number of carbonyl (C=O) groups is 1. The van der Waals surface area contributed by atoms with Gasteiger partial charge in [-0.2, -0.15) is 0 Å². The fraction of sp³-hybridized carbons (Fsp3) is 0. The van der Waals surface area contributed by atoms with Crippen LogP contribution >= 0.6 is 0 Å². The number of benzene rings is 5. The van der Waals surface area contributed by atoms with Crippen molar-refractivity contribution >= 4 is 60.1 Å². The molecule has 0 bridgehead atoms. The highest BCUT2D eigenvalue weighted by Gasteiger charge is 2.22. The van der Waals surface area contributed by atoms with Gasteiger partial charge in [-0.15, -0.1) is 0 Å². The van der Waals surface area contributed by atoms with Gasteiger partial charge in [0.2, 0.25) is 0 Å². The first kappa shape index (κ1) is 32.5. The highest BCUT2D eigenvalue weighted by molar-refractivity contribution is 7.93. The fourth-order valence-corrected chi connectivity index (χ4v) is 6.44. The van der Waals surface area contributed by atoms with E-state index in [0.717, 1.165) is 60.7 Å². The first-order valence-electron chi connectivity index (χ1n) is 13.4. The number of anilines is 5. The van der Waals surface area contributed by atoms with Gasteiger partial charge >= 0.3 is 0 Å². The Kier molecular flexibility index (Phi) is 9.16. The number of amides is 1. The Labute approximate surface area is 267 Å². The molecule has 0 heterocycles. The van der Waals surface area contributed by atoms with E-state index in [0.29, 0.717) is 0 Å². The number of nitrogens with one attached hydrogen (secondary N) is 4. The lowest BCUT2D eigenvalue weighted by Gasteiger charge is -2.18. The zero-order chi connectivity index (χ0) is 33.8. The minimum Gasteiger partial charge on any atom is -0.352 e. The summed E-state index contributed by atoms with van der Waals surface area (Å²) in [7, 11) is -8.40. The van der Waals surface area contributed by atoms with E-state index in [9.17, 15) is 40.5 Å². The quantitative estimate of drug-likeness (QED) is 0.0907. The number of nitro groups is 1. The number of halogens is 2. The average molecular weight is 680 g/mol. The molecule has 5 aromatic rings. The van der Waals surface area contributed by atoms with Gasteiger partial charge in [0, 0.05) is 12.1 Å². The summed E-state index contributed by atoms with van der Waals surface area (Å²) < 4.78 is 83.3. The standard InChI is InChI=1S/C31H23F2N5O7S2/c32-20-9-14-23(15-10-20)46(42,43)36-26-6-2-1-5-25(26)31(39)35-30-19-22(38(40)41)13-18-28(30)34-27-7-3-4-8-29(27)37-47(44,45)24-16-11-21(33)12-17-24/h1-19,34,36-37H,(H,35,39). The monoisotopic (exact) mass is 679 g/mol. The molecule has 0 spiro atoms. The van der Waals surface area contributed by atoms with E-state index in [1.54, 1.807) is 12.1 Å². The Morgan fingerprint density at radius 2 is 1.06 bits per heavy atom. The van der Waals surface area contributed by atoms with Crippen LogP contribution in [0, 0.1) is 21.7 Å². The van der Waals surface area contributed by atoms with Crippen LogP contribution in [0.15, 0.2) is 125 Å². The van der Waals surface area contributed by atoms with E-state index < -0.39 is 42.5 Å². The zero-order valence-electron chi connectivity index (χ0n) is 23.8. The van der Waals surface area contributed by atoms with Gasteiger partial charge < -0.3 is 10.6 Å². The molecule has 0 atom stereocenters. The van der Waals surface area contributed by atoms with Gasteiger partial charge in [-0.05, 0) is 78.9 Å². The van der Waals surface area contributed by atoms with Crippen LogP contribution in [0.4, 0.5) is 42.9 Å². The molecule has 0 fully saturated rings. The maximum Gasteiger partial charge on any atom is 0.271 e. The van der Waals surface area contributed by atoms with Crippen molar-refractivity contribution < 1.29 is 35.3 Å². The molecule has 0 aliphatic rings. The predicted octanol–water partition coefficient (Wildman–Crippen LogP) is 6.47. The minimum atomic E-state index is -4.24. The van der Waals surface area contributed by atoms with Crippen LogP contribution in [0.25, 0.3) is 0 Å². The van der Waals surface area contributed by atoms with Crippen LogP contribution in [0.5, 0.6) is 0 Å². The number of nitro benzene ring substituents is 1. The molecule has 0 aliphatic carbocycles. The zero-order valence-corrected chi connectivity index (χ0v) is 25.5. The summed E-state index contributed by atoms with van der Waals surface area (Å²) >= 11 is 0.